The minimum atomic E-state index is -0.584. The Balaban J connectivity index is 1.99. The van der Waals surface area contributed by atoms with Gasteiger partial charge in [-0.2, -0.15) is 0 Å². The molecule has 0 bridgehead atoms. The highest BCUT2D eigenvalue weighted by Crippen LogP contribution is 2.30. The second-order valence-corrected chi connectivity index (χ2v) is 6.13. The summed E-state index contributed by atoms with van der Waals surface area (Å²) < 4.78 is 13.7. The van der Waals surface area contributed by atoms with E-state index in [4.69, 9.17) is 0 Å². The molecular weight excluding hydrogens is 327 g/mol. The predicted octanol–water partition coefficient (Wildman–Crippen LogP) is 1.33. The molecule has 0 spiro atoms. The summed E-state index contributed by atoms with van der Waals surface area (Å²) in [7, 11) is 0. The van der Waals surface area contributed by atoms with E-state index in [2.05, 4.69) is 15.4 Å². The maximum atomic E-state index is 13.7. The number of halogens is 1. The molecule has 1 amide bonds. The fourth-order valence-electron chi connectivity index (χ4n) is 2.80. The van der Waals surface area contributed by atoms with Crippen molar-refractivity contribution in [1.29, 1.82) is 0 Å². The van der Waals surface area contributed by atoms with Crippen molar-refractivity contribution in [3.05, 3.63) is 70.5 Å². The van der Waals surface area contributed by atoms with E-state index >= 15 is 0 Å². The zero-order valence-electron chi connectivity index (χ0n) is 12.7. The van der Waals surface area contributed by atoms with Gasteiger partial charge in [-0.15, -0.1) is 5.10 Å². The van der Waals surface area contributed by atoms with Crippen molar-refractivity contribution in [2.75, 3.05) is 6.26 Å². The third kappa shape index (κ3) is 2.37. The fraction of sp³-hybridized carbons (Fsp3) is 0.118. The number of para-hydroxylation sites is 1. The van der Waals surface area contributed by atoms with E-state index in [0.717, 1.165) is 0 Å². The molecule has 1 atom stereocenters. The Labute approximate surface area is 141 Å². The second kappa shape index (κ2) is 5.76. The van der Waals surface area contributed by atoms with Crippen LogP contribution in [0, 0.1) is 5.82 Å². The predicted molar refractivity (Wildman–Crippen MR) is 90.7 cm³/mol. The Bertz CT molecular complexity index is 988. The van der Waals surface area contributed by atoms with Crippen molar-refractivity contribution < 1.29 is 9.18 Å². The molecular formula is C17H13FN4OS. The number of hydrazone groups is 1. The number of carbonyl (C=O) groups excluding carboxylic acids is 1. The molecule has 24 heavy (non-hydrogen) atoms. The van der Waals surface area contributed by atoms with Gasteiger partial charge < -0.3 is 0 Å². The first kappa shape index (κ1) is 14.9. The maximum absolute atomic E-state index is 13.7. The van der Waals surface area contributed by atoms with Crippen LogP contribution in [-0.4, -0.2) is 22.3 Å². The van der Waals surface area contributed by atoms with Gasteiger partial charge in [0.05, 0.1) is 5.36 Å². The van der Waals surface area contributed by atoms with Gasteiger partial charge in [-0.3, -0.25) is 15.1 Å². The number of hydrogen-bond donors (Lipinski definition) is 1. The zero-order valence-corrected chi connectivity index (χ0v) is 13.5. The fourth-order valence-corrected chi connectivity index (χ4v) is 3.17. The first-order chi connectivity index (χ1) is 11.7. The summed E-state index contributed by atoms with van der Waals surface area (Å²) in [6, 6.07) is 13.6. The molecule has 2 heterocycles. The Kier molecular flexibility index (Phi) is 3.57. The van der Waals surface area contributed by atoms with Gasteiger partial charge in [-0.1, -0.05) is 42.1 Å². The van der Waals surface area contributed by atoms with Crippen LogP contribution in [0.4, 0.5) is 4.39 Å². The lowest BCUT2D eigenvalue weighted by Crippen LogP contribution is -2.50. The summed E-state index contributed by atoms with van der Waals surface area (Å²) in [5, 5.41) is 10.7. The molecule has 1 N–H and O–H groups in total. The Hall–Kier alpha value is -2.67. The highest BCUT2D eigenvalue weighted by atomic mass is 32.2. The number of fused-ring (bicyclic) bond motifs is 2. The average Bonchev–Trinajstić information content (AvgIpc) is 2.60. The molecule has 5 nitrogen and oxygen atoms in total. The quantitative estimate of drug-likeness (QED) is 0.852. The molecule has 120 valence electrons. The van der Waals surface area contributed by atoms with Gasteiger partial charge in [0.25, 0.3) is 5.91 Å². The molecule has 2 aliphatic rings. The lowest BCUT2D eigenvalue weighted by atomic mass is 10.1. The van der Waals surface area contributed by atoms with Crippen molar-refractivity contribution in [3.63, 3.8) is 0 Å². The number of amidine groups is 1. The molecule has 2 aliphatic heterocycles. The number of hydrogen-bond acceptors (Lipinski definition) is 5. The third-order valence-corrected chi connectivity index (χ3v) is 4.43. The molecule has 1 unspecified atom stereocenters. The summed E-state index contributed by atoms with van der Waals surface area (Å²) in [6.07, 6.45) is 1.25. The van der Waals surface area contributed by atoms with Crippen molar-refractivity contribution in [2.45, 2.75) is 6.17 Å². The molecule has 0 saturated heterocycles. The van der Waals surface area contributed by atoms with E-state index in [1.54, 1.807) is 17.1 Å². The van der Waals surface area contributed by atoms with Crippen LogP contribution < -0.4 is 15.9 Å². The standard InChI is InChI=1S/C17H13FN4OS/c1-24-17-20-16(23)14-12-7-2-3-8-13(12)19-15(22(14)21-17)10-5-4-6-11(18)9-10/h2-9,15H,1H3,(H,20,21,23). The molecule has 0 fully saturated rings. The smallest absolute Gasteiger partial charge is 0.276 e. The van der Waals surface area contributed by atoms with Gasteiger partial charge >= 0.3 is 0 Å². The number of rotatable bonds is 1. The Morgan fingerprint density at radius 1 is 1.21 bits per heavy atom. The molecule has 0 aliphatic carbocycles. The summed E-state index contributed by atoms with van der Waals surface area (Å²) in [5.74, 6) is -0.586. The topological polar surface area (TPSA) is 57.1 Å². The first-order valence-electron chi connectivity index (χ1n) is 7.33. The minimum absolute atomic E-state index is 0.238. The molecule has 0 radical (unpaired) electrons. The van der Waals surface area contributed by atoms with Gasteiger partial charge in [0.2, 0.25) is 0 Å². The van der Waals surface area contributed by atoms with Crippen LogP contribution in [-0.2, 0) is 4.79 Å². The van der Waals surface area contributed by atoms with Crippen LogP contribution in [0.5, 0.6) is 0 Å². The normalized spacial score (nSPS) is 19.0. The molecule has 4 rings (SSSR count). The van der Waals surface area contributed by atoms with Gasteiger partial charge in [-0.05, 0) is 24.5 Å². The van der Waals surface area contributed by atoms with Crippen LogP contribution in [0.1, 0.15) is 11.7 Å². The van der Waals surface area contributed by atoms with Gasteiger partial charge in [-0.25, -0.2) is 9.40 Å². The molecule has 2 aromatic carbocycles. The Morgan fingerprint density at radius 2 is 2.04 bits per heavy atom. The summed E-state index contributed by atoms with van der Waals surface area (Å²) in [4.78, 5) is 17.3. The van der Waals surface area contributed by atoms with Gasteiger partial charge in [0, 0.05) is 10.8 Å². The third-order valence-electron chi connectivity index (χ3n) is 3.86. The largest absolute Gasteiger partial charge is 0.298 e. The van der Waals surface area contributed by atoms with E-state index in [0.29, 0.717) is 27.0 Å². The summed E-state index contributed by atoms with van der Waals surface area (Å²) in [5.41, 5.74) is 1.06. The van der Waals surface area contributed by atoms with Gasteiger partial charge in [0.15, 0.2) is 11.3 Å². The average molecular weight is 340 g/mol. The lowest BCUT2D eigenvalue weighted by molar-refractivity contribution is -0.116. The summed E-state index contributed by atoms with van der Waals surface area (Å²) >= 11 is 1.33. The van der Waals surface area contributed by atoms with Crippen LogP contribution in [0.15, 0.2) is 58.6 Å². The molecule has 0 saturated carbocycles. The van der Waals surface area contributed by atoms with Gasteiger partial charge in [0.1, 0.15) is 11.5 Å². The van der Waals surface area contributed by atoms with Crippen molar-refractivity contribution >= 4 is 28.5 Å². The summed E-state index contributed by atoms with van der Waals surface area (Å²) in [6.45, 7) is 0. The molecule has 2 aromatic rings. The SMILES string of the molecule is CSC1=NN2C(=c3ccccc3=NC2c2cccc(F)c2)C(=O)N1. The number of nitrogens with one attached hydrogen (secondary N) is 1. The van der Waals surface area contributed by atoms with E-state index in [1.807, 2.05) is 30.5 Å². The lowest BCUT2D eigenvalue weighted by Gasteiger charge is -2.33. The molecule has 0 aromatic heterocycles. The number of thioether (sulfide) groups is 1. The minimum Gasteiger partial charge on any atom is -0.298 e. The number of amides is 1. The number of carbonyl (C=O) groups is 1. The van der Waals surface area contributed by atoms with E-state index < -0.39 is 6.17 Å². The van der Waals surface area contributed by atoms with E-state index in [1.165, 1.54) is 23.9 Å². The van der Waals surface area contributed by atoms with Crippen molar-refractivity contribution in [3.8, 4) is 0 Å². The number of nitrogens with zero attached hydrogens (tertiary/aromatic N) is 3. The van der Waals surface area contributed by atoms with Crippen LogP contribution in [0.3, 0.4) is 0 Å². The first-order valence-corrected chi connectivity index (χ1v) is 8.55. The number of benzene rings is 2. The van der Waals surface area contributed by atoms with E-state index in [-0.39, 0.29) is 11.7 Å². The monoisotopic (exact) mass is 340 g/mol. The van der Waals surface area contributed by atoms with Crippen LogP contribution in [0.2, 0.25) is 0 Å². The van der Waals surface area contributed by atoms with Crippen molar-refractivity contribution in [2.24, 2.45) is 10.1 Å². The van der Waals surface area contributed by atoms with Crippen LogP contribution >= 0.6 is 11.8 Å². The Morgan fingerprint density at radius 3 is 2.83 bits per heavy atom. The zero-order chi connectivity index (χ0) is 16.7. The highest BCUT2D eigenvalue weighted by Gasteiger charge is 2.34. The van der Waals surface area contributed by atoms with E-state index in [9.17, 15) is 9.18 Å². The van der Waals surface area contributed by atoms with Crippen LogP contribution in [0.25, 0.3) is 5.70 Å². The van der Waals surface area contributed by atoms with Crippen molar-refractivity contribution in [1.82, 2.24) is 10.3 Å². The highest BCUT2D eigenvalue weighted by molar-refractivity contribution is 8.13. The molecule has 7 heteroatoms. The maximum Gasteiger partial charge on any atom is 0.276 e. The second-order valence-electron chi connectivity index (χ2n) is 5.33.